The first-order valence-electron chi connectivity index (χ1n) is 6.80. The fraction of sp³-hybridized carbons (Fsp3) is 0.667. The standard InChI is InChI=1S/C12H19N5O3S/c1-9(8-21-10(2)18)12(19)14-11-7-17(15-20-11)16-5-3-13-4-6-16/h7,9,13H,3-6,8H2,1-2H3/t9-/m1/s1. The van der Waals surface area contributed by atoms with Crippen molar-refractivity contribution in [2.45, 2.75) is 13.8 Å². The van der Waals surface area contributed by atoms with Gasteiger partial charge in [-0.15, -0.1) is 0 Å². The van der Waals surface area contributed by atoms with Gasteiger partial charge in [0.05, 0.1) is 17.9 Å². The van der Waals surface area contributed by atoms with E-state index in [2.05, 4.69) is 15.6 Å². The summed E-state index contributed by atoms with van der Waals surface area (Å²) >= 11 is 1.12. The number of thioether (sulfide) groups is 1. The third-order valence-electron chi connectivity index (χ3n) is 3.01. The minimum absolute atomic E-state index is 0.00846. The number of hydrogen-bond donors (Lipinski definition) is 1. The van der Waals surface area contributed by atoms with Crippen molar-refractivity contribution in [2.75, 3.05) is 36.9 Å². The minimum atomic E-state index is -0.336. The summed E-state index contributed by atoms with van der Waals surface area (Å²) in [6, 6.07) is 0. The fourth-order valence-corrected chi connectivity index (χ4v) is 2.43. The molecule has 0 bridgehead atoms. The lowest BCUT2D eigenvalue weighted by molar-refractivity contribution is -0.758. The lowest BCUT2D eigenvalue weighted by atomic mass is 10.2. The van der Waals surface area contributed by atoms with Gasteiger partial charge >= 0.3 is 5.88 Å². The van der Waals surface area contributed by atoms with Crippen LogP contribution in [0, 0.1) is 5.92 Å². The maximum Gasteiger partial charge on any atom is 0.324 e. The topological polar surface area (TPSA) is 97.7 Å². The molecule has 0 radical (unpaired) electrons. The van der Waals surface area contributed by atoms with Crippen LogP contribution in [0.1, 0.15) is 13.8 Å². The summed E-state index contributed by atoms with van der Waals surface area (Å²) in [6.45, 7) is 6.61. The fourth-order valence-electron chi connectivity index (χ4n) is 1.80. The van der Waals surface area contributed by atoms with Crippen LogP contribution in [0.25, 0.3) is 0 Å². The van der Waals surface area contributed by atoms with Crippen LogP contribution in [0.5, 0.6) is 0 Å². The van der Waals surface area contributed by atoms with E-state index in [4.69, 9.17) is 4.52 Å². The monoisotopic (exact) mass is 313 g/mol. The lowest BCUT2D eigenvalue weighted by Gasteiger charge is -2.19. The number of nitrogens with zero attached hydrogens (tertiary/aromatic N) is 4. The summed E-state index contributed by atoms with van der Waals surface area (Å²) in [5.41, 5.74) is 0. The van der Waals surface area contributed by atoms with Crippen molar-refractivity contribution in [2.24, 2.45) is 10.9 Å². The number of carbonyl (C=O) groups is 1. The number of carbonyl (C=O) groups excluding carboxylic acids is 1. The second-order valence-corrected chi connectivity index (χ2v) is 6.01. The summed E-state index contributed by atoms with van der Waals surface area (Å²) in [5, 5.41) is 21.0. The molecule has 1 N–H and O–H groups in total. The average Bonchev–Trinajstić information content (AvgIpc) is 2.94. The molecule has 2 heterocycles. The first-order chi connectivity index (χ1) is 10.1. The van der Waals surface area contributed by atoms with Crippen LogP contribution in [0.2, 0.25) is 0 Å². The normalized spacial score (nSPS) is 17.8. The Morgan fingerprint density at radius 2 is 2.38 bits per heavy atom. The summed E-state index contributed by atoms with van der Waals surface area (Å²) in [4.78, 5) is 16.4. The van der Waals surface area contributed by atoms with Crippen molar-refractivity contribution in [1.29, 1.82) is 0 Å². The van der Waals surface area contributed by atoms with Crippen LogP contribution in [-0.2, 0) is 4.79 Å². The molecule has 0 aromatic carbocycles. The molecule has 0 aliphatic carbocycles. The SMILES string of the molecule is CC(=O)SC[C@@H](C)C([O-])=Nc1c[n+](N2CCNCC2)no1. The van der Waals surface area contributed by atoms with E-state index in [0.717, 1.165) is 37.9 Å². The second kappa shape index (κ2) is 7.41. The quantitative estimate of drug-likeness (QED) is 0.414. The summed E-state index contributed by atoms with van der Waals surface area (Å²) in [5.74, 6) is -0.0499. The third-order valence-corrected chi connectivity index (χ3v) is 4.08. The Balaban J connectivity index is 1.96. The van der Waals surface area contributed by atoms with Gasteiger partial charge in [0, 0.05) is 25.8 Å². The van der Waals surface area contributed by atoms with Gasteiger partial charge in [-0.1, -0.05) is 18.7 Å². The maximum atomic E-state index is 11.9. The highest BCUT2D eigenvalue weighted by Crippen LogP contribution is 2.12. The molecule has 0 unspecified atom stereocenters. The molecule has 1 fully saturated rings. The molecule has 2 rings (SSSR count). The van der Waals surface area contributed by atoms with Crippen LogP contribution in [-0.4, -0.2) is 48.2 Å². The molecule has 116 valence electrons. The van der Waals surface area contributed by atoms with Crippen LogP contribution >= 0.6 is 11.8 Å². The molecule has 1 aliphatic rings. The number of aliphatic imine (C=N–C) groups is 1. The Labute approximate surface area is 127 Å². The lowest BCUT2D eigenvalue weighted by Crippen LogP contribution is -2.64. The number of piperazine rings is 1. The van der Waals surface area contributed by atoms with Gasteiger partial charge < -0.3 is 10.4 Å². The zero-order valence-corrected chi connectivity index (χ0v) is 12.9. The predicted molar refractivity (Wildman–Crippen MR) is 76.9 cm³/mol. The molecule has 0 spiro atoms. The second-order valence-electron chi connectivity index (χ2n) is 4.82. The van der Waals surface area contributed by atoms with Crippen LogP contribution < -0.4 is 20.2 Å². The van der Waals surface area contributed by atoms with Crippen molar-refractivity contribution in [3.63, 3.8) is 0 Å². The van der Waals surface area contributed by atoms with Gasteiger partial charge in [-0.05, 0) is 11.8 Å². The Bertz CT molecular complexity index is 513. The summed E-state index contributed by atoms with van der Waals surface area (Å²) in [7, 11) is 0. The average molecular weight is 313 g/mol. The smallest absolute Gasteiger partial charge is 0.324 e. The number of nitrogens with one attached hydrogen (secondary N) is 1. The molecular formula is C12H19N5O3S. The molecule has 9 heteroatoms. The molecule has 1 atom stereocenters. The van der Waals surface area contributed by atoms with Crippen molar-refractivity contribution in [3.05, 3.63) is 6.20 Å². The van der Waals surface area contributed by atoms with Gasteiger partial charge in [-0.3, -0.25) is 9.32 Å². The Morgan fingerprint density at radius 1 is 1.67 bits per heavy atom. The largest absolute Gasteiger partial charge is 0.861 e. The zero-order valence-electron chi connectivity index (χ0n) is 12.1. The Kier molecular flexibility index (Phi) is 5.57. The molecule has 0 amide bonds. The first kappa shape index (κ1) is 15.8. The van der Waals surface area contributed by atoms with E-state index in [1.54, 1.807) is 17.9 Å². The number of rotatable bonds is 5. The molecule has 1 aromatic rings. The van der Waals surface area contributed by atoms with E-state index in [9.17, 15) is 9.90 Å². The van der Waals surface area contributed by atoms with Crippen LogP contribution in [0.15, 0.2) is 15.7 Å². The molecule has 1 saturated heterocycles. The Hall–Kier alpha value is -1.61. The van der Waals surface area contributed by atoms with E-state index < -0.39 is 0 Å². The van der Waals surface area contributed by atoms with Gasteiger partial charge in [0.25, 0.3) is 6.20 Å². The van der Waals surface area contributed by atoms with Crippen LogP contribution in [0.4, 0.5) is 5.88 Å². The molecule has 1 aliphatic heterocycles. The van der Waals surface area contributed by atoms with Gasteiger partial charge in [-0.2, -0.15) is 5.01 Å². The highest BCUT2D eigenvalue weighted by Gasteiger charge is 2.22. The summed E-state index contributed by atoms with van der Waals surface area (Å²) < 4.78 is 5.05. The minimum Gasteiger partial charge on any atom is -0.861 e. The maximum absolute atomic E-state index is 11.9. The Morgan fingerprint density at radius 3 is 3.05 bits per heavy atom. The highest BCUT2D eigenvalue weighted by atomic mass is 32.2. The number of aromatic nitrogens is 2. The first-order valence-corrected chi connectivity index (χ1v) is 7.78. The van der Waals surface area contributed by atoms with E-state index in [0.29, 0.717) is 5.75 Å². The van der Waals surface area contributed by atoms with Gasteiger partial charge in [0.2, 0.25) is 5.27 Å². The molecule has 8 nitrogen and oxygen atoms in total. The van der Waals surface area contributed by atoms with Crippen molar-refractivity contribution < 1.29 is 19.2 Å². The van der Waals surface area contributed by atoms with Gasteiger partial charge in [-0.25, -0.2) is 4.99 Å². The van der Waals surface area contributed by atoms with Gasteiger partial charge in [0.15, 0.2) is 5.12 Å². The van der Waals surface area contributed by atoms with Crippen molar-refractivity contribution in [1.82, 2.24) is 10.6 Å². The molecular weight excluding hydrogens is 294 g/mol. The van der Waals surface area contributed by atoms with E-state index in [-0.39, 0.29) is 22.8 Å². The predicted octanol–water partition coefficient (Wildman–Crippen LogP) is -1.19. The molecule has 1 aromatic heterocycles. The highest BCUT2D eigenvalue weighted by molar-refractivity contribution is 8.13. The van der Waals surface area contributed by atoms with E-state index >= 15 is 0 Å². The molecule has 21 heavy (non-hydrogen) atoms. The third kappa shape index (κ3) is 4.71. The van der Waals surface area contributed by atoms with Gasteiger partial charge in [0.1, 0.15) is 0 Å². The van der Waals surface area contributed by atoms with Crippen LogP contribution in [0.3, 0.4) is 0 Å². The van der Waals surface area contributed by atoms with E-state index in [1.807, 2.05) is 5.01 Å². The molecule has 0 saturated carbocycles. The summed E-state index contributed by atoms with van der Waals surface area (Å²) in [6.07, 6.45) is 1.59. The zero-order chi connectivity index (χ0) is 15.2. The van der Waals surface area contributed by atoms with Crippen molar-refractivity contribution >= 4 is 28.7 Å². The van der Waals surface area contributed by atoms with E-state index in [1.165, 1.54) is 6.92 Å². The van der Waals surface area contributed by atoms with Crippen molar-refractivity contribution in [3.8, 4) is 0 Å². The number of hydrogen-bond acceptors (Lipinski definition) is 8.